The predicted molar refractivity (Wildman–Crippen MR) is 53.8 cm³/mol. The third kappa shape index (κ3) is 1.59. The highest BCUT2D eigenvalue weighted by Gasteiger charge is 2.35. The van der Waals surface area contributed by atoms with Gasteiger partial charge in [0.15, 0.2) is 0 Å². The van der Waals surface area contributed by atoms with Gasteiger partial charge in [-0.05, 0) is 12.1 Å². The molecule has 0 radical (unpaired) electrons. The Labute approximate surface area is 91.3 Å². The molecule has 0 spiro atoms. The van der Waals surface area contributed by atoms with Gasteiger partial charge in [-0.3, -0.25) is 14.5 Å². The summed E-state index contributed by atoms with van der Waals surface area (Å²) >= 11 is 0. The molecule has 5 heteroatoms. The zero-order valence-corrected chi connectivity index (χ0v) is 8.39. The molecule has 2 rings (SSSR count). The Hall–Kier alpha value is -1.75. The van der Waals surface area contributed by atoms with Gasteiger partial charge in [0.25, 0.3) is 11.8 Å². The highest BCUT2D eigenvalue weighted by Crippen LogP contribution is 2.22. The number of carbonyl (C=O) groups excluding carboxylic acids is 2. The number of amides is 2. The molecule has 4 nitrogen and oxygen atoms in total. The average molecular weight is 223 g/mol. The Kier molecular flexibility index (Phi) is 2.70. The van der Waals surface area contributed by atoms with Crippen LogP contribution < -0.4 is 0 Å². The molecule has 1 aliphatic rings. The molecule has 1 heterocycles. The Morgan fingerprint density at radius 1 is 1.19 bits per heavy atom. The third-order valence-electron chi connectivity index (χ3n) is 2.45. The van der Waals surface area contributed by atoms with Crippen LogP contribution in [0.25, 0.3) is 0 Å². The van der Waals surface area contributed by atoms with Crippen molar-refractivity contribution in [1.82, 2.24) is 4.90 Å². The number of alkyl halides is 1. The molecule has 1 atom stereocenters. The predicted octanol–water partition coefficient (Wildman–Crippen LogP) is 0.613. The first-order valence-electron chi connectivity index (χ1n) is 4.84. The maximum atomic E-state index is 12.1. The van der Waals surface area contributed by atoms with Gasteiger partial charge in [-0.25, -0.2) is 4.39 Å². The van der Waals surface area contributed by atoms with Crippen LogP contribution in [0.1, 0.15) is 20.7 Å². The number of carbonyl (C=O) groups is 2. The number of hydrogen-bond donors (Lipinski definition) is 1. The van der Waals surface area contributed by atoms with Gasteiger partial charge in [0, 0.05) is 0 Å². The van der Waals surface area contributed by atoms with E-state index in [2.05, 4.69) is 0 Å². The molecule has 1 N–H and O–H groups in total. The molecule has 1 aliphatic heterocycles. The summed E-state index contributed by atoms with van der Waals surface area (Å²) in [5, 5.41) is 9.11. The molecular formula is C11H10FNO3. The van der Waals surface area contributed by atoms with Crippen LogP contribution in [0.2, 0.25) is 0 Å². The van der Waals surface area contributed by atoms with Crippen LogP contribution in [-0.4, -0.2) is 41.1 Å². The number of imide groups is 1. The van der Waals surface area contributed by atoms with E-state index in [1.165, 1.54) is 12.1 Å². The van der Waals surface area contributed by atoms with E-state index in [-0.39, 0.29) is 6.54 Å². The summed E-state index contributed by atoms with van der Waals surface area (Å²) in [7, 11) is 0. The van der Waals surface area contributed by atoms with E-state index < -0.39 is 24.6 Å². The maximum Gasteiger partial charge on any atom is 0.261 e. The van der Waals surface area contributed by atoms with Gasteiger partial charge in [0.1, 0.15) is 12.8 Å². The van der Waals surface area contributed by atoms with Crippen molar-refractivity contribution in [3.05, 3.63) is 35.4 Å². The fourth-order valence-corrected chi connectivity index (χ4v) is 1.66. The van der Waals surface area contributed by atoms with Crippen molar-refractivity contribution in [1.29, 1.82) is 0 Å². The minimum absolute atomic E-state index is 0.303. The van der Waals surface area contributed by atoms with E-state index in [1.807, 2.05) is 0 Å². The van der Waals surface area contributed by atoms with Gasteiger partial charge in [-0.2, -0.15) is 0 Å². The third-order valence-corrected chi connectivity index (χ3v) is 2.45. The van der Waals surface area contributed by atoms with Crippen LogP contribution in [-0.2, 0) is 0 Å². The Balaban J connectivity index is 2.28. The molecule has 0 fully saturated rings. The van der Waals surface area contributed by atoms with Crippen molar-refractivity contribution >= 4 is 11.8 Å². The largest absolute Gasteiger partial charge is 0.389 e. The summed E-state index contributed by atoms with van der Waals surface area (Å²) in [6, 6.07) is 6.38. The minimum Gasteiger partial charge on any atom is -0.389 e. The summed E-state index contributed by atoms with van der Waals surface area (Å²) in [6.07, 6.45) is -1.32. The molecule has 0 unspecified atom stereocenters. The zero-order valence-electron chi connectivity index (χ0n) is 8.39. The summed E-state index contributed by atoms with van der Waals surface area (Å²) in [5.41, 5.74) is 0.608. The molecule has 1 aromatic carbocycles. The summed E-state index contributed by atoms with van der Waals surface area (Å²) in [5.74, 6) is -0.957. The van der Waals surface area contributed by atoms with Crippen molar-refractivity contribution in [2.24, 2.45) is 0 Å². The van der Waals surface area contributed by atoms with Crippen molar-refractivity contribution < 1.29 is 19.1 Å². The monoisotopic (exact) mass is 223 g/mol. The van der Waals surface area contributed by atoms with E-state index in [0.717, 1.165) is 4.90 Å². The van der Waals surface area contributed by atoms with Gasteiger partial charge in [0.05, 0.1) is 17.7 Å². The van der Waals surface area contributed by atoms with Crippen LogP contribution >= 0.6 is 0 Å². The van der Waals surface area contributed by atoms with Crippen molar-refractivity contribution in [2.45, 2.75) is 6.10 Å². The molecule has 0 saturated carbocycles. The van der Waals surface area contributed by atoms with E-state index >= 15 is 0 Å². The molecule has 0 aliphatic carbocycles. The standard InChI is InChI=1S/C11H10FNO3/c12-5-7(14)6-13-10(15)8-3-1-2-4-9(8)11(13)16/h1-4,7,14H,5-6H2/t7-/m0/s1. The summed E-state index contributed by atoms with van der Waals surface area (Å²) in [6.45, 7) is -1.28. The number of β-amino-alcohol motifs (C(OH)–C–C–N with tert-alkyl or cyclic N) is 1. The molecule has 0 bridgehead atoms. The van der Waals surface area contributed by atoms with Gasteiger partial charge in [0.2, 0.25) is 0 Å². The Morgan fingerprint density at radius 3 is 2.12 bits per heavy atom. The Morgan fingerprint density at radius 2 is 1.69 bits per heavy atom. The molecule has 1 aromatic rings. The van der Waals surface area contributed by atoms with Crippen molar-refractivity contribution in [3.8, 4) is 0 Å². The zero-order chi connectivity index (χ0) is 11.7. The highest BCUT2D eigenvalue weighted by atomic mass is 19.1. The van der Waals surface area contributed by atoms with Crippen LogP contribution in [0.4, 0.5) is 4.39 Å². The van der Waals surface area contributed by atoms with Gasteiger partial charge in [-0.15, -0.1) is 0 Å². The lowest BCUT2D eigenvalue weighted by Crippen LogP contribution is -2.37. The number of aliphatic hydroxyl groups is 1. The van der Waals surface area contributed by atoms with E-state index in [4.69, 9.17) is 5.11 Å². The number of halogens is 1. The number of fused-ring (bicyclic) bond motifs is 1. The van der Waals surface area contributed by atoms with Crippen LogP contribution in [0.15, 0.2) is 24.3 Å². The van der Waals surface area contributed by atoms with Crippen molar-refractivity contribution in [3.63, 3.8) is 0 Å². The van der Waals surface area contributed by atoms with Crippen LogP contribution in [0.5, 0.6) is 0 Å². The summed E-state index contributed by atoms with van der Waals surface area (Å²) in [4.78, 5) is 24.3. The average Bonchev–Trinajstić information content (AvgIpc) is 2.55. The normalized spacial score (nSPS) is 16.5. The minimum atomic E-state index is -1.32. The van der Waals surface area contributed by atoms with E-state index in [9.17, 15) is 14.0 Å². The molecule has 0 saturated heterocycles. The smallest absolute Gasteiger partial charge is 0.261 e. The maximum absolute atomic E-state index is 12.1. The second kappa shape index (κ2) is 4.02. The SMILES string of the molecule is O=C1c2ccccc2C(=O)N1C[C@@H](O)CF. The molecule has 0 aromatic heterocycles. The number of nitrogens with zero attached hydrogens (tertiary/aromatic N) is 1. The van der Waals surface area contributed by atoms with E-state index in [1.54, 1.807) is 12.1 Å². The lowest BCUT2D eigenvalue weighted by atomic mass is 10.1. The lowest BCUT2D eigenvalue weighted by Gasteiger charge is -2.15. The van der Waals surface area contributed by atoms with Crippen LogP contribution in [0, 0.1) is 0 Å². The number of hydrogen-bond acceptors (Lipinski definition) is 3. The topological polar surface area (TPSA) is 57.6 Å². The fraction of sp³-hybridized carbons (Fsp3) is 0.273. The molecular weight excluding hydrogens is 213 g/mol. The summed E-state index contributed by atoms with van der Waals surface area (Å²) < 4.78 is 12.1. The number of aliphatic hydroxyl groups excluding tert-OH is 1. The lowest BCUT2D eigenvalue weighted by molar-refractivity contribution is 0.0509. The highest BCUT2D eigenvalue weighted by molar-refractivity contribution is 6.21. The molecule has 2 amide bonds. The number of benzene rings is 1. The van der Waals surface area contributed by atoms with E-state index in [0.29, 0.717) is 11.1 Å². The second-order valence-corrected chi connectivity index (χ2v) is 3.57. The first kappa shape index (κ1) is 10.8. The first-order valence-corrected chi connectivity index (χ1v) is 4.84. The van der Waals surface area contributed by atoms with Crippen molar-refractivity contribution in [2.75, 3.05) is 13.2 Å². The van der Waals surface area contributed by atoms with Gasteiger partial charge >= 0.3 is 0 Å². The fourth-order valence-electron chi connectivity index (χ4n) is 1.66. The van der Waals surface area contributed by atoms with Crippen LogP contribution in [0.3, 0.4) is 0 Å². The Bertz CT molecular complexity index is 412. The van der Waals surface area contributed by atoms with Gasteiger partial charge in [-0.1, -0.05) is 12.1 Å². The van der Waals surface area contributed by atoms with Gasteiger partial charge < -0.3 is 5.11 Å². The molecule has 84 valence electrons. The first-order chi connectivity index (χ1) is 7.65. The quantitative estimate of drug-likeness (QED) is 0.764. The number of rotatable bonds is 3. The second-order valence-electron chi connectivity index (χ2n) is 3.57. The molecule has 16 heavy (non-hydrogen) atoms.